The molecule has 1 heterocycles. The highest BCUT2D eigenvalue weighted by Crippen LogP contribution is 2.33. The molecule has 5 heteroatoms. The van der Waals surface area contributed by atoms with Crippen LogP contribution < -0.4 is 4.74 Å². The van der Waals surface area contributed by atoms with E-state index in [9.17, 15) is 4.79 Å². The average Bonchev–Trinajstić information content (AvgIpc) is 3.29. The highest BCUT2D eigenvalue weighted by atomic mass is 16.5. The molecule has 0 unspecified atom stereocenters. The van der Waals surface area contributed by atoms with E-state index in [0.29, 0.717) is 17.0 Å². The van der Waals surface area contributed by atoms with Crippen molar-refractivity contribution >= 4 is 38.5 Å². The van der Waals surface area contributed by atoms with Gasteiger partial charge in [0, 0.05) is 10.8 Å². The van der Waals surface area contributed by atoms with E-state index in [1.54, 1.807) is 23.0 Å². The number of hydrogen-bond donors (Lipinski definition) is 0. The third kappa shape index (κ3) is 2.99. The SMILES string of the molecule is O=C(Oc1ccc2ccccc2c1-n1nc2ccc3ccccc3c2n1)c1ccccc1. The summed E-state index contributed by atoms with van der Waals surface area (Å²) in [6.07, 6.45) is 0. The second-order valence-electron chi connectivity index (χ2n) is 7.53. The molecular weight excluding hydrogens is 398 g/mol. The van der Waals surface area contributed by atoms with Crippen LogP contribution in [0.4, 0.5) is 0 Å². The van der Waals surface area contributed by atoms with Gasteiger partial charge in [-0.05, 0) is 35.0 Å². The maximum absolute atomic E-state index is 12.8. The summed E-state index contributed by atoms with van der Waals surface area (Å²) < 4.78 is 5.84. The molecule has 0 saturated heterocycles. The minimum absolute atomic E-state index is 0.405. The molecule has 32 heavy (non-hydrogen) atoms. The molecule has 0 amide bonds. The lowest BCUT2D eigenvalue weighted by Gasteiger charge is -2.12. The van der Waals surface area contributed by atoms with E-state index in [-0.39, 0.29) is 0 Å². The zero-order valence-electron chi connectivity index (χ0n) is 17.0. The molecule has 0 saturated carbocycles. The van der Waals surface area contributed by atoms with E-state index in [1.807, 2.05) is 78.9 Å². The Bertz CT molecular complexity index is 1620. The van der Waals surface area contributed by atoms with E-state index in [2.05, 4.69) is 6.07 Å². The monoisotopic (exact) mass is 415 g/mol. The number of rotatable bonds is 3. The summed E-state index contributed by atoms with van der Waals surface area (Å²) >= 11 is 0. The second-order valence-corrected chi connectivity index (χ2v) is 7.53. The standard InChI is InChI=1S/C27H17N3O2/c31-27(20-10-2-1-3-11-20)32-24-17-15-19-9-5-7-13-22(19)26(24)30-28-23-16-14-18-8-4-6-12-21(18)25(23)29-30/h1-17H. The van der Waals surface area contributed by atoms with E-state index >= 15 is 0 Å². The molecule has 152 valence electrons. The Morgan fingerprint density at radius 1 is 0.656 bits per heavy atom. The summed E-state index contributed by atoms with van der Waals surface area (Å²) in [4.78, 5) is 14.4. The Labute approximate surface area is 183 Å². The van der Waals surface area contributed by atoms with Crippen molar-refractivity contribution in [1.82, 2.24) is 15.0 Å². The Morgan fingerprint density at radius 3 is 2.12 bits per heavy atom. The summed E-state index contributed by atoms with van der Waals surface area (Å²) in [5, 5.41) is 13.6. The number of carbonyl (C=O) groups is 1. The lowest BCUT2D eigenvalue weighted by Crippen LogP contribution is -2.11. The zero-order valence-corrected chi connectivity index (χ0v) is 17.0. The molecule has 0 aliphatic carbocycles. The third-order valence-corrected chi connectivity index (χ3v) is 5.55. The first-order valence-corrected chi connectivity index (χ1v) is 10.3. The normalized spacial score (nSPS) is 11.2. The van der Waals surface area contributed by atoms with Gasteiger partial charge in [0.05, 0.1) is 5.56 Å². The van der Waals surface area contributed by atoms with Crippen LogP contribution in [0.25, 0.3) is 38.3 Å². The lowest BCUT2D eigenvalue weighted by atomic mass is 10.1. The minimum atomic E-state index is -0.427. The Kier molecular flexibility index (Phi) is 4.18. The number of fused-ring (bicyclic) bond motifs is 4. The predicted molar refractivity (Wildman–Crippen MR) is 125 cm³/mol. The van der Waals surface area contributed by atoms with Gasteiger partial charge in [0.15, 0.2) is 5.75 Å². The van der Waals surface area contributed by atoms with Crippen molar-refractivity contribution in [1.29, 1.82) is 0 Å². The molecule has 0 radical (unpaired) electrons. The summed E-state index contributed by atoms with van der Waals surface area (Å²) in [6.45, 7) is 0. The first-order chi connectivity index (χ1) is 15.8. The number of esters is 1. The summed E-state index contributed by atoms with van der Waals surface area (Å²) in [6, 6.07) is 32.7. The van der Waals surface area contributed by atoms with Gasteiger partial charge in [-0.3, -0.25) is 0 Å². The largest absolute Gasteiger partial charge is 0.421 e. The molecular formula is C27H17N3O2. The average molecular weight is 415 g/mol. The van der Waals surface area contributed by atoms with Crippen LogP contribution in [0.2, 0.25) is 0 Å². The van der Waals surface area contributed by atoms with Gasteiger partial charge in [-0.15, -0.1) is 15.0 Å². The van der Waals surface area contributed by atoms with Crippen LogP contribution in [0.15, 0.2) is 103 Å². The lowest BCUT2D eigenvalue weighted by molar-refractivity contribution is 0.0734. The van der Waals surface area contributed by atoms with Gasteiger partial charge in [-0.2, -0.15) is 0 Å². The van der Waals surface area contributed by atoms with Crippen LogP contribution in [-0.4, -0.2) is 21.0 Å². The van der Waals surface area contributed by atoms with E-state index in [1.165, 1.54) is 0 Å². The van der Waals surface area contributed by atoms with Crippen molar-refractivity contribution in [3.05, 3.63) is 109 Å². The fourth-order valence-corrected chi connectivity index (χ4v) is 4.01. The van der Waals surface area contributed by atoms with Crippen LogP contribution in [0.3, 0.4) is 0 Å². The van der Waals surface area contributed by atoms with Gasteiger partial charge in [0.2, 0.25) is 0 Å². The maximum atomic E-state index is 12.8. The molecule has 0 spiro atoms. The minimum Gasteiger partial charge on any atom is -0.421 e. The topological polar surface area (TPSA) is 57.0 Å². The van der Waals surface area contributed by atoms with E-state index < -0.39 is 5.97 Å². The maximum Gasteiger partial charge on any atom is 0.343 e. The predicted octanol–water partition coefficient (Wildman–Crippen LogP) is 5.95. The van der Waals surface area contributed by atoms with Crippen LogP contribution in [0.5, 0.6) is 5.75 Å². The summed E-state index contributed by atoms with van der Waals surface area (Å²) in [7, 11) is 0. The fraction of sp³-hybridized carbons (Fsp3) is 0. The first kappa shape index (κ1) is 18.3. The highest BCUT2D eigenvalue weighted by molar-refractivity contribution is 6.04. The number of nitrogens with zero attached hydrogens (tertiary/aromatic N) is 3. The van der Waals surface area contributed by atoms with Gasteiger partial charge in [0.1, 0.15) is 16.7 Å². The molecule has 6 rings (SSSR count). The smallest absolute Gasteiger partial charge is 0.343 e. The number of aromatic nitrogens is 3. The van der Waals surface area contributed by atoms with Gasteiger partial charge in [0.25, 0.3) is 0 Å². The first-order valence-electron chi connectivity index (χ1n) is 10.3. The van der Waals surface area contributed by atoms with Crippen molar-refractivity contribution in [2.24, 2.45) is 0 Å². The van der Waals surface area contributed by atoms with Crippen LogP contribution in [0.1, 0.15) is 10.4 Å². The molecule has 0 aliphatic heterocycles. The third-order valence-electron chi connectivity index (χ3n) is 5.55. The molecule has 5 nitrogen and oxygen atoms in total. The van der Waals surface area contributed by atoms with Crippen molar-refractivity contribution in [3.63, 3.8) is 0 Å². The molecule has 5 aromatic carbocycles. The number of ether oxygens (including phenoxy) is 1. The number of carbonyl (C=O) groups excluding carboxylic acids is 1. The number of benzene rings is 5. The van der Waals surface area contributed by atoms with Crippen molar-refractivity contribution < 1.29 is 9.53 Å². The van der Waals surface area contributed by atoms with Gasteiger partial charge in [-0.1, -0.05) is 78.9 Å². The van der Waals surface area contributed by atoms with Crippen LogP contribution in [-0.2, 0) is 0 Å². The Balaban J connectivity index is 1.57. The molecule has 0 fully saturated rings. The second kappa shape index (κ2) is 7.32. The Hall–Kier alpha value is -4.51. The molecule has 0 bridgehead atoms. The fourth-order valence-electron chi connectivity index (χ4n) is 4.01. The Morgan fingerprint density at radius 2 is 1.31 bits per heavy atom. The quantitative estimate of drug-likeness (QED) is 0.265. The van der Waals surface area contributed by atoms with Gasteiger partial charge in [-0.25, -0.2) is 4.79 Å². The van der Waals surface area contributed by atoms with E-state index in [4.69, 9.17) is 14.9 Å². The molecule has 1 aromatic heterocycles. The van der Waals surface area contributed by atoms with Gasteiger partial charge < -0.3 is 4.74 Å². The van der Waals surface area contributed by atoms with Gasteiger partial charge >= 0.3 is 5.97 Å². The van der Waals surface area contributed by atoms with Crippen molar-refractivity contribution in [3.8, 4) is 11.4 Å². The van der Waals surface area contributed by atoms with Crippen molar-refractivity contribution in [2.45, 2.75) is 0 Å². The molecule has 6 aromatic rings. The zero-order chi connectivity index (χ0) is 21.5. The number of hydrogen-bond acceptors (Lipinski definition) is 4. The van der Waals surface area contributed by atoms with E-state index in [0.717, 1.165) is 32.6 Å². The summed E-state index contributed by atoms with van der Waals surface area (Å²) in [5.74, 6) is -0.0218. The highest BCUT2D eigenvalue weighted by Gasteiger charge is 2.18. The molecule has 0 N–H and O–H groups in total. The summed E-state index contributed by atoms with van der Waals surface area (Å²) in [5.41, 5.74) is 2.69. The molecule has 0 aliphatic rings. The van der Waals surface area contributed by atoms with Crippen molar-refractivity contribution in [2.75, 3.05) is 0 Å². The van der Waals surface area contributed by atoms with Crippen LogP contribution >= 0.6 is 0 Å². The van der Waals surface area contributed by atoms with Crippen LogP contribution in [0, 0.1) is 0 Å². The molecule has 0 atom stereocenters.